The van der Waals surface area contributed by atoms with E-state index in [4.69, 9.17) is 50.1 Å². The number of carboxylic acids is 5. The first-order valence-electron chi connectivity index (χ1n) is 7.09. The highest BCUT2D eigenvalue weighted by Crippen LogP contribution is 2.03. The summed E-state index contributed by atoms with van der Waals surface area (Å²) in [5, 5.41) is 54.4. The lowest BCUT2D eigenvalue weighted by molar-refractivity contribution is -0.135. The molecule has 0 aliphatic rings. The van der Waals surface area contributed by atoms with Crippen LogP contribution < -0.4 is 0 Å². The number of hydrogen-bond donors (Lipinski definition) is 7. The Labute approximate surface area is 159 Å². The highest BCUT2D eigenvalue weighted by Gasteiger charge is 2.04. The average Bonchev–Trinajstić information content (AvgIpc) is 2.53. The second-order valence-corrected chi connectivity index (χ2v) is 4.19. The molecule has 12 nitrogen and oxygen atoms in total. The van der Waals surface area contributed by atoms with Crippen LogP contribution in [0.5, 0.6) is 0 Å². The molecule has 0 saturated carbocycles. The van der Waals surface area contributed by atoms with Crippen LogP contribution in [0.15, 0.2) is 24.3 Å². The molecule has 0 amide bonds. The maximum Gasteiger partial charge on any atom is 0.335 e. The van der Waals surface area contributed by atoms with E-state index in [9.17, 15) is 9.59 Å². The Morgan fingerprint density at radius 3 is 0.786 bits per heavy atom. The first kappa shape index (κ1) is 32.2. The summed E-state index contributed by atoms with van der Waals surface area (Å²) >= 11 is 0. The topological polar surface area (TPSA) is 227 Å². The lowest BCUT2D eigenvalue weighted by Gasteiger charge is -1.94. The normalized spacial score (nSPS) is 7.75. The molecule has 0 bridgehead atoms. The van der Waals surface area contributed by atoms with Crippen molar-refractivity contribution in [2.75, 3.05) is 13.2 Å². The number of aromatic carboxylic acids is 2. The van der Waals surface area contributed by atoms with Crippen LogP contribution >= 0.6 is 0 Å². The summed E-state index contributed by atoms with van der Waals surface area (Å²) in [5.41, 5.74) is 0.167. The minimum Gasteiger partial charge on any atom is -0.481 e. The van der Waals surface area contributed by atoms with E-state index in [-0.39, 0.29) is 24.3 Å². The molecule has 0 aliphatic carbocycles. The van der Waals surface area contributed by atoms with Gasteiger partial charge in [0, 0.05) is 20.8 Å². The number of benzene rings is 1. The molecule has 0 spiro atoms. The van der Waals surface area contributed by atoms with E-state index >= 15 is 0 Å². The molecule has 0 aromatic heterocycles. The van der Waals surface area contributed by atoms with E-state index in [1.165, 1.54) is 24.3 Å². The van der Waals surface area contributed by atoms with Gasteiger partial charge in [-0.3, -0.25) is 14.4 Å². The maximum absolute atomic E-state index is 10.3. The highest BCUT2D eigenvalue weighted by molar-refractivity contribution is 5.91. The van der Waals surface area contributed by atoms with E-state index in [0.29, 0.717) is 0 Å². The van der Waals surface area contributed by atoms with Gasteiger partial charge in [-0.1, -0.05) is 0 Å². The predicted molar refractivity (Wildman–Crippen MR) is 94.5 cm³/mol. The Balaban J connectivity index is -0.000000150. The minimum atomic E-state index is -1.06. The molecule has 0 saturated heterocycles. The van der Waals surface area contributed by atoms with Gasteiger partial charge < -0.3 is 35.7 Å². The van der Waals surface area contributed by atoms with Gasteiger partial charge in [0.05, 0.1) is 24.3 Å². The van der Waals surface area contributed by atoms with Gasteiger partial charge in [-0.05, 0) is 24.3 Å². The SMILES string of the molecule is CC(=O)O.CC(=O)O.CC(=O)O.O=C(O)c1ccc(C(=O)O)cc1.OCCO. The van der Waals surface area contributed by atoms with Crippen molar-refractivity contribution in [2.45, 2.75) is 20.8 Å². The number of aliphatic hydroxyl groups is 2. The first-order valence-corrected chi connectivity index (χ1v) is 7.09. The van der Waals surface area contributed by atoms with Gasteiger partial charge in [0.1, 0.15) is 0 Å². The summed E-state index contributed by atoms with van der Waals surface area (Å²) in [6.45, 7) is 3.00. The molecule has 1 aromatic rings. The molecule has 0 aliphatic heterocycles. The van der Waals surface area contributed by atoms with Crippen LogP contribution in [-0.2, 0) is 14.4 Å². The summed E-state index contributed by atoms with van der Waals surface area (Å²) in [4.78, 5) is 47.7. The zero-order chi connectivity index (χ0) is 23.3. The van der Waals surface area contributed by atoms with E-state index in [1.54, 1.807) is 0 Å². The Morgan fingerprint density at radius 2 is 0.714 bits per heavy atom. The van der Waals surface area contributed by atoms with Crippen LogP contribution in [0.1, 0.15) is 41.5 Å². The molecule has 1 aromatic carbocycles. The molecule has 28 heavy (non-hydrogen) atoms. The third kappa shape index (κ3) is 43.3. The molecular formula is C16H24O12. The Kier molecular flexibility index (Phi) is 24.8. The van der Waals surface area contributed by atoms with Crippen LogP contribution in [0.3, 0.4) is 0 Å². The van der Waals surface area contributed by atoms with E-state index in [0.717, 1.165) is 20.8 Å². The van der Waals surface area contributed by atoms with Crippen LogP contribution in [0, 0.1) is 0 Å². The number of hydrogen-bond acceptors (Lipinski definition) is 7. The van der Waals surface area contributed by atoms with Crippen LogP contribution in [0.2, 0.25) is 0 Å². The third-order valence-electron chi connectivity index (χ3n) is 1.48. The Hall–Kier alpha value is -3.51. The van der Waals surface area contributed by atoms with Crippen molar-refractivity contribution >= 4 is 29.8 Å². The van der Waals surface area contributed by atoms with Gasteiger partial charge in [0.25, 0.3) is 17.9 Å². The van der Waals surface area contributed by atoms with Crippen LogP contribution in [0.25, 0.3) is 0 Å². The van der Waals surface area contributed by atoms with Crippen LogP contribution in [0.4, 0.5) is 0 Å². The van der Waals surface area contributed by atoms with Gasteiger partial charge >= 0.3 is 11.9 Å². The second kappa shape index (κ2) is 21.5. The second-order valence-electron chi connectivity index (χ2n) is 4.19. The van der Waals surface area contributed by atoms with Crippen molar-refractivity contribution in [3.63, 3.8) is 0 Å². The van der Waals surface area contributed by atoms with Crippen molar-refractivity contribution in [1.29, 1.82) is 0 Å². The molecule has 12 heteroatoms. The van der Waals surface area contributed by atoms with Gasteiger partial charge in [0.15, 0.2) is 0 Å². The first-order chi connectivity index (χ1) is 12.7. The fraction of sp³-hybridized carbons (Fsp3) is 0.312. The van der Waals surface area contributed by atoms with Crippen LogP contribution in [-0.4, -0.2) is 78.8 Å². The Bertz CT molecular complexity index is 517. The predicted octanol–water partition coefficient (Wildman–Crippen LogP) is 0.327. The maximum atomic E-state index is 10.3. The largest absolute Gasteiger partial charge is 0.481 e. The van der Waals surface area contributed by atoms with Gasteiger partial charge in [-0.25, -0.2) is 9.59 Å². The molecule has 0 unspecified atom stereocenters. The molecule has 7 N–H and O–H groups in total. The summed E-state index contributed by atoms with van der Waals surface area (Å²) in [7, 11) is 0. The molecule has 160 valence electrons. The smallest absolute Gasteiger partial charge is 0.335 e. The summed E-state index contributed by atoms with van der Waals surface area (Å²) < 4.78 is 0. The number of aliphatic hydroxyl groups excluding tert-OH is 2. The van der Waals surface area contributed by atoms with Gasteiger partial charge in [0.2, 0.25) is 0 Å². The van der Waals surface area contributed by atoms with Gasteiger partial charge in [-0.15, -0.1) is 0 Å². The standard InChI is InChI=1S/C8H6O4.3C2H4O2.C2H6O2/c9-7(10)5-1-2-6(4-3-5)8(11)12;3*1-2(3)4;3-1-2-4/h1-4H,(H,9,10)(H,11,12);3*1H3,(H,3,4);3-4H,1-2H2. The number of rotatable bonds is 3. The molecule has 0 heterocycles. The van der Waals surface area contributed by atoms with Crippen molar-refractivity contribution in [3.05, 3.63) is 35.4 Å². The van der Waals surface area contributed by atoms with Gasteiger partial charge in [-0.2, -0.15) is 0 Å². The summed E-state index contributed by atoms with van der Waals surface area (Å²) in [6.07, 6.45) is 0. The number of carboxylic acid groups (broad SMARTS) is 5. The molecular weight excluding hydrogens is 384 g/mol. The van der Waals surface area contributed by atoms with Crippen molar-refractivity contribution in [3.8, 4) is 0 Å². The molecule has 0 fully saturated rings. The minimum absolute atomic E-state index is 0.0833. The quantitative estimate of drug-likeness (QED) is 0.359. The van der Waals surface area contributed by atoms with Crippen molar-refractivity contribution in [2.24, 2.45) is 0 Å². The average molecular weight is 408 g/mol. The summed E-state index contributed by atoms with van der Waals surface area (Å²) in [5.74, 6) is -4.63. The zero-order valence-electron chi connectivity index (χ0n) is 15.4. The number of aliphatic carboxylic acids is 3. The lowest BCUT2D eigenvalue weighted by Crippen LogP contribution is -1.99. The summed E-state index contributed by atoms with van der Waals surface area (Å²) in [6, 6.07) is 5.02. The van der Waals surface area contributed by atoms with Crippen molar-refractivity contribution < 1.29 is 59.7 Å². The molecule has 1 rings (SSSR count). The molecule has 0 radical (unpaired) electrons. The number of carbonyl (C=O) groups is 5. The zero-order valence-corrected chi connectivity index (χ0v) is 15.4. The highest BCUT2D eigenvalue weighted by atomic mass is 16.4. The Morgan fingerprint density at radius 1 is 0.571 bits per heavy atom. The monoisotopic (exact) mass is 408 g/mol. The third-order valence-corrected chi connectivity index (χ3v) is 1.48. The molecule has 0 atom stereocenters. The lowest BCUT2D eigenvalue weighted by atomic mass is 10.1. The fourth-order valence-corrected chi connectivity index (χ4v) is 0.755. The van der Waals surface area contributed by atoms with E-state index in [2.05, 4.69) is 0 Å². The van der Waals surface area contributed by atoms with E-state index in [1.807, 2.05) is 0 Å². The fourth-order valence-electron chi connectivity index (χ4n) is 0.755. The van der Waals surface area contributed by atoms with Crippen molar-refractivity contribution in [1.82, 2.24) is 0 Å². The van der Waals surface area contributed by atoms with E-state index < -0.39 is 29.8 Å².